The van der Waals surface area contributed by atoms with Gasteiger partial charge >= 0.3 is 0 Å². The van der Waals surface area contributed by atoms with Crippen molar-refractivity contribution in [2.45, 2.75) is 59.3 Å². The molecule has 0 radical (unpaired) electrons. The molecule has 0 heterocycles. The highest BCUT2D eigenvalue weighted by Gasteiger charge is 2.37. The minimum Gasteiger partial charge on any atom is -0.494 e. The van der Waals surface area contributed by atoms with Gasteiger partial charge in [0.2, 0.25) is 0 Å². The normalized spacial score (nSPS) is 11.6. The van der Waals surface area contributed by atoms with Gasteiger partial charge in [-0.25, -0.2) is 0 Å². The zero-order valence-electron chi connectivity index (χ0n) is 17.0. The van der Waals surface area contributed by atoms with Crippen molar-refractivity contribution < 1.29 is 9.47 Å². The van der Waals surface area contributed by atoms with Gasteiger partial charge in [-0.2, -0.15) is 0 Å². The van der Waals surface area contributed by atoms with Crippen molar-refractivity contribution in [1.29, 1.82) is 0 Å². The van der Waals surface area contributed by atoms with Gasteiger partial charge in [-0.1, -0.05) is 57.9 Å². The fourth-order valence-electron chi connectivity index (χ4n) is 3.90. The number of unbranched alkanes of at least 4 members (excludes halogenated alkanes) is 1. The number of benzene rings is 2. The predicted octanol–water partition coefficient (Wildman–Crippen LogP) is 6.62. The summed E-state index contributed by atoms with van der Waals surface area (Å²) in [5.74, 6) is 2.37. The maximum Gasteiger partial charge on any atom is 0.119 e. The summed E-state index contributed by atoms with van der Waals surface area (Å²) in [4.78, 5) is 0. The van der Waals surface area contributed by atoms with E-state index in [9.17, 15) is 0 Å². The molecule has 0 N–H and O–H groups in total. The lowest BCUT2D eigenvalue weighted by Gasteiger charge is -2.39. The van der Waals surface area contributed by atoms with Gasteiger partial charge in [-0.3, -0.25) is 0 Å². The van der Waals surface area contributed by atoms with Gasteiger partial charge in [-0.15, -0.1) is 0 Å². The van der Waals surface area contributed by atoms with Crippen molar-refractivity contribution in [1.82, 2.24) is 0 Å². The Hall–Kier alpha value is -1.96. The second kappa shape index (κ2) is 9.66. The van der Waals surface area contributed by atoms with Gasteiger partial charge in [-0.05, 0) is 61.6 Å². The van der Waals surface area contributed by atoms with Crippen LogP contribution in [0.2, 0.25) is 0 Å². The van der Waals surface area contributed by atoms with E-state index in [-0.39, 0.29) is 5.41 Å². The van der Waals surface area contributed by atoms with E-state index in [4.69, 9.17) is 9.47 Å². The van der Waals surface area contributed by atoms with Crippen molar-refractivity contribution >= 4 is 0 Å². The van der Waals surface area contributed by atoms with Gasteiger partial charge in [0.25, 0.3) is 0 Å². The molecule has 142 valence electrons. The Morgan fingerprint density at radius 3 is 1.46 bits per heavy atom. The molecule has 0 saturated carbocycles. The van der Waals surface area contributed by atoms with E-state index in [1.165, 1.54) is 24.0 Å². The molecule has 2 aromatic rings. The quantitative estimate of drug-likeness (QED) is 0.477. The Labute approximate surface area is 159 Å². The van der Waals surface area contributed by atoms with Crippen LogP contribution in [0, 0.1) is 5.92 Å². The minimum atomic E-state index is 0.00546. The summed E-state index contributed by atoms with van der Waals surface area (Å²) < 4.78 is 11.3. The van der Waals surface area contributed by atoms with Gasteiger partial charge in [0.15, 0.2) is 0 Å². The molecule has 2 heteroatoms. The van der Waals surface area contributed by atoms with E-state index in [2.05, 4.69) is 69.3 Å². The lowest BCUT2D eigenvalue weighted by Crippen LogP contribution is -2.34. The summed E-state index contributed by atoms with van der Waals surface area (Å²) in [6.45, 7) is 12.4. The molecule has 0 amide bonds. The Balaban J connectivity index is 2.49. The van der Waals surface area contributed by atoms with Crippen LogP contribution in [0.4, 0.5) is 0 Å². The van der Waals surface area contributed by atoms with Crippen molar-refractivity contribution in [3.63, 3.8) is 0 Å². The van der Waals surface area contributed by atoms with Crippen LogP contribution in [0.25, 0.3) is 0 Å². The maximum absolute atomic E-state index is 5.65. The largest absolute Gasteiger partial charge is 0.494 e. The van der Waals surface area contributed by atoms with Crippen LogP contribution in [-0.2, 0) is 5.41 Å². The number of hydrogen-bond acceptors (Lipinski definition) is 2. The minimum absolute atomic E-state index is 0.00546. The molecular weight excluding hydrogens is 320 g/mol. The molecule has 0 fully saturated rings. The van der Waals surface area contributed by atoms with Crippen LogP contribution >= 0.6 is 0 Å². The van der Waals surface area contributed by atoms with Crippen molar-refractivity contribution in [3.05, 3.63) is 59.7 Å². The van der Waals surface area contributed by atoms with E-state index in [0.717, 1.165) is 17.9 Å². The summed E-state index contributed by atoms with van der Waals surface area (Å²) in [7, 11) is 0. The van der Waals surface area contributed by atoms with Crippen LogP contribution in [0.1, 0.15) is 65.0 Å². The van der Waals surface area contributed by atoms with Gasteiger partial charge < -0.3 is 9.47 Å². The second-order valence-corrected chi connectivity index (χ2v) is 7.14. The average Bonchev–Trinajstić information content (AvgIpc) is 2.65. The lowest BCUT2D eigenvalue weighted by molar-refractivity contribution is 0.327. The molecule has 26 heavy (non-hydrogen) atoms. The standard InChI is InChI=1S/C24H34O2/c1-6-9-18-24(19(4)5,20-10-14-22(15-11-20)25-7-2)21-12-16-23(17-13-21)26-8-3/h10-17,19H,6-9,18H2,1-5H3. The first-order valence-electron chi connectivity index (χ1n) is 10.0. The van der Waals surface area contributed by atoms with Crippen LogP contribution in [-0.4, -0.2) is 13.2 Å². The first-order chi connectivity index (χ1) is 12.6. The first kappa shape index (κ1) is 20.4. The molecule has 0 bridgehead atoms. The highest BCUT2D eigenvalue weighted by Crippen LogP contribution is 2.44. The Bertz CT molecular complexity index is 591. The molecule has 0 aliphatic carbocycles. The smallest absolute Gasteiger partial charge is 0.119 e. The zero-order valence-corrected chi connectivity index (χ0v) is 17.0. The first-order valence-corrected chi connectivity index (χ1v) is 10.0. The molecule has 0 saturated heterocycles. The van der Waals surface area contributed by atoms with Gasteiger partial charge in [0, 0.05) is 5.41 Å². The Morgan fingerprint density at radius 1 is 0.731 bits per heavy atom. The van der Waals surface area contributed by atoms with Crippen molar-refractivity contribution in [3.8, 4) is 11.5 Å². The molecule has 0 aliphatic heterocycles. The fourth-order valence-corrected chi connectivity index (χ4v) is 3.90. The third-order valence-electron chi connectivity index (χ3n) is 5.27. The third-order valence-corrected chi connectivity index (χ3v) is 5.27. The Kier molecular flexibility index (Phi) is 7.56. The Morgan fingerprint density at radius 2 is 1.15 bits per heavy atom. The second-order valence-electron chi connectivity index (χ2n) is 7.14. The third kappa shape index (κ3) is 4.41. The van der Waals surface area contributed by atoms with Crippen LogP contribution < -0.4 is 9.47 Å². The summed E-state index contributed by atoms with van der Waals surface area (Å²) in [5.41, 5.74) is 2.74. The highest BCUT2D eigenvalue weighted by molar-refractivity contribution is 5.44. The van der Waals surface area contributed by atoms with E-state index < -0.39 is 0 Å². The summed E-state index contributed by atoms with van der Waals surface area (Å²) in [6.07, 6.45) is 3.55. The van der Waals surface area contributed by atoms with Crippen molar-refractivity contribution in [2.75, 3.05) is 13.2 Å². The SMILES string of the molecule is CCCCC(c1ccc(OCC)cc1)(c1ccc(OCC)cc1)C(C)C. The molecule has 2 rings (SSSR count). The molecule has 0 aromatic heterocycles. The molecule has 2 nitrogen and oxygen atoms in total. The summed E-state index contributed by atoms with van der Waals surface area (Å²) >= 11 is 0. The summed E-state index contributed by atoms with van der Waals surface area (Å²) in [6, 6.07) is 17.4. The predicted molar refractivity (Wildman–Crippen MR) is 110 cm³/mol. The van der Waals surface area contributed by atoms with Crippen LogP contribution in [0.5, 0.6) is 11.5 Å². The van der Waals surface area contributed by atoms with E-state index in [1.807, 2.05) is 13.8 Å². The maximum atomic E-state index is 5.65. The monoisotopic (exact) mass is 354 g/mol. The van der Waals surface area contributed by atoms with Gasteiger partial charge in [0.1, 0.15) is 11.5 Å². The van der Waals surface area contributed by atoms with Crippen LogP contribution in [0.15, 0.2) is 48.5 Å². The van der Waals surface area contributed by atoms with E-state index in [0.29, 0.717) is 19.1 Å². The fraction of sp³-hybridized carbons (Fsp3) is 0.500. The molecule has 2 aromatic carbocycles. The molecular formula is C24H34O2. The topological polar surface area (TPSA) is 18.5 Å². The van der Waals surface area contributed by atoms with E-state index in [1.54, 1.807) is 0 Å². The van der Waals surface area contributed by atoms with Gasteiger partial charge in [0.05, 0.1) is 13.2 Å². The van der Waals surface area contributed by atoms with E-state index >= 15 is 0 Å². The number of hydrogen-bond donors (Lipinski definition) is 0. The summed E-state index contributed by atoms with van der Waals surface area (Å²) in [5, 5.41) is 0. The lowest BCUT2D eigenvalue weighted by atomic mass is 9.64. The molecule has 0 aliphatic rings. The molecule has 0 unspecified atom stereocenters. The molecule has 0 atom stereocenters. The van der Waals surface area contributed by atoms with Crippen molar-refractivity contribution in [2.24, 2.45) is 5.92 Å². The zero-order chi connectivity index (χ0) is 19.0. The van der Waals surface area contributed by atoms with Crippen LogP contribution in [0.3, 0.4) is 0 Å². The number of ether oxygens (including phenoxy) is 2. The highest BCUT2D eigenvalue weighted by atomic mass is 16.5. The molecule has 0 spiro atoms. The average molecular weight is 355 g/mol. The number of rotatable bonds is 10.